The Balaban J connectivity index is 1.64. The lowest BCUT2D eigenvalue weighted by atomic mass is 9.93. The first-order valence-corrected chi connectivity index (χ1v) is 9.49. The monoisotopic (exact) mass is 387 g/mol. The van der Waals surface area contributed by atoms with E-state index in [1.807, 2.05) is 91.0 Å². The van der Waals surface area contributed by atoms with Crippen LogP contribution >= 0.6 is 0 Å². The molecule has 1 aliphatic heterocycles. The molecule has 5 heteroatoms. The van der Waals surface area contributed by atoms with E-state index in [0.717, 1.165) is 16.7 Å². The zero-order chi connectivity index (χ0) is 20.1. The van der Waals surface area contributed by atoms with Crippen molar-refractivity contribution < 1.29 is 19.1 Å². The fourth-order valence-electron chi connectivity index (χ4n) is 3.52. The third kappa shape index (κ3) is 4.29. The lowest BCUT2D eigenvalue weighted by Gasteiger charge is -2.40. The average Bonchev–Trinajstić information content (AvgIpc) is 2.78. The molecule has 0 saturated carbocycles. The highest BCUT2D eigenvalue weighted by Crippen LogP contribution is 2.40. The SMILES string of the molecule is O=C1CN(C(=O)OCc2ccccc2)[C@H](c2ccccc2)[C@H](c2ccccc2)O1. The molecule has 0 bridgehead atoms. The van der Waals surface area contributed by atoms with Crippen molar-refractivity contribution in [3.05, 3.63) is 108 Å². The van der Waals surface area contributed by atoms with Crippen LogP contribution in [0.2, 0.25) is 0 Å². The van der Waals surface area contributed by atoms with Gasteiger partial charge in [0, 0.05) is 0 Å². The lowest BCUT2D eigenvalue weighted by molar-refractivity contribution is -0.164. The fraction of sp³-hybridized carbons (Fsp3) is 0.167. The minimum atomic E-state index is -0.607. The number of ether oxygens (including phenoxy) is 2. The summed E-state index contributed by atoms with van der Waals surface area (Å²) in [6, 6.07) is 28.0. The molecule has 0 N–H and O–H groups in total. The minimum Gasteiger partial charge on any atom is -0.454 e. The molecule has 0 aromatic heterocycles. The quantitative estimate of drug-likeness (QED) is 0.611. The predicted molar refractivity (Wildman–Crippen MR) is 108 cm³/mol. The molecule has 1 heterocycles. The molecular weight excluding hydrogens is 366 g/mol. The molecule has 1 aliphatic rings. The van der Waals surface area contributed by atoms with E-state index in [1.165, 1.54) is 4.90 Å². The summed E-state index contributed by atoms with van der Waals surface area (Å²) in [5.74, 6) is -0.456. The average molecular weight is 387 g/mol. The van der Waals surface area contributed by atoms with E-state index in [4.69, 9.17) is 9.47 Å². The standard InChI is InChI=1S/C24H21NO4/c26-21-16-25(24(27)28-17-18-10-4-1-5-11-18)22(19-12-6-2-7-13-19)23(29-21)20-14-8-3-9-15-20/h1-15,22-23H,16-17H2/t22-,23+/m1/s1. The van der Waals surface area contributed by atoms with E-state index in [1.54, 1.807) is 0 Å². The molecule has 3 aromatic rings. The molecule has 5 nitrogen and oxygen atoms in total. The maximum absolute atomic E-state index is 13.0. The van der Waals surface area contributed by atoms with Crippen LogP contribution in [0.3, 0.4) is 0 Å². The first kappa shape index (κ1) is 18.7. The van der Waals surface area contributed by atoms with Crippen molar-refractivity contribution >= 4 is 12.1 Å². The number of morpholine rings is 1. The summed E-state index contributed by atoms with van der Waals surface area (Å²) in [7, 11) is 0. The van der Waals surface area contributed by atoms with Gasteiger partial charge in [-0.15, -0.1) is 0 Å². The summed E-state index contributed by atoms with van der Waals surface area (Å²) in [6.07, 6.45) is -1.15. The van der Waals surface area contributed by atoms with Crippen molar-refractivity contribution in [3.8, 4) is 0 Å². The van der Waals surface area contributed by atoms with Gasteiger partial charge in [0.15, 0.2) is 6.10 Å². The summed E-state index contributed by atoms with van der Waals surface area (Å²) >= 11 is 0. The third-order valence-corrected chi connectivity index (χ3v) is 4.89. The van der Waals surface area contributed by atoms with Gasteiger partial charge in [0.2, 0.25) is 0 Å². The van der Waals surface area contributed by atoms with Crippen molar-refractivity contribution in [1.29, 1.82) is 0 Å². The molecule has 29 heavy (non-hydrogen) atoms. The number of cyclic esters (lactones) is 1. The predicted octanol–water partition coefficient (Wildman–Crippen LogP) is 4.66. The molecule has 1 fully saturated rings. The summed E-state index contributed by atoms with van der Waals surface area (Å²) in [5, 5.41) is 0. The second-order valence-corrected chi connectivity index (χ2v) is 6.84. The molecule has 0 unspecified atom stereocenters. The maximum atomic E-state index is 13.0. The molecule has 1 amide bonds. The van der Waals surface area contributed by atoms with Crippen LogP contribution in [-0.4, -0.2) is 23.5 Å². The van der Waals surface area contributed by atoms with Gasteiger partial charge in [-0.05, 0) is 16.7 Å². The van der Waals surface area contributed by atoms with Gasteiger partial charge in [-0.2, -0.15) is 0 Å². The smallest absolute Gasteiger partial charge is 0.411 e. The first-order chi connectivity index (χ1) is 14.2. The van der Waals surface area contributed by atoms with Crippen LogP contribution < -0.4 is 0 Å². The number of carbonyl (C=O) groups is 2. The molecule has 0 radical (unpaired) electrons. The fourth-order valence-corrected chi connectivity index (χ4v) is 3.52. The van der Waals surface area contributed by atoms with Crippen LogP contribution in [0.25, 0.3) is 0 Å². The Morgan fingerprint density at radius 1 is 0.862 bits per heavy atom. The minimum absolute atomic E-state index is 0.142. The normalized spacial score (nSPS) is 18.8. The number of carbonyl (C=O) groups excluding carboxylic acids is 2. The van der Waals surface area contributed by atoms with Crippen molar-refractivity contribution in [2.75, 3.05) is 6.54 Å². The summed E-state index contributed by atoms with van der Waals surface area (Å²) in [6.45, 7) is -0.0146. The zero-order valence-electron chi connectivity index (χ0n) is 15.8. The zero-order valence-corrected chi connectivity index (χ0v) is 15.8. The van der Waals surface area contributed by atoms with Gasteiger partial charge in [-0.3, -0.25) is 9.69 Å². The van der Waals surface area contributed by atoms with Gasteiger partial charge >= 0.3 is 12.1 Å². The van der Waals surface area contributed by atoms with Crippen molar-refractivity contribution in [2.45, 2.75) is 18.8 Å². The van der Waals surface area contributed by atoms with Crippen LogP contribution in [0, 0.1) is 0 Å². The molecule has 3 aromatic carbocycles. The number of esters is 1. The van der Waals surface area contributed by atoms with Crippen LogP contribution in [0.4, 0.5) is 4.79 Å². The molecule has 4 rings (SSSR count). The van der Waals surface area contributed by atoms with Gasteiger partial charge in [0.05, 0.1) is 0 Å². The molecule has 1 saturated heterocycles. The van der Waals surface area contributed by atoms with E-state index < -0.39 is 24.2 Å². The van der Waals surface area contributed by atoms with Gasteiger partial charge in [-0.25, -0.2) is 4.79 Å². The van der Waals surface area contributed by atoms with Crippen molar-refractivity contribution in [1.82, 2.24) is 4.90 Å². The summed E-state index contributed by atoms with van der Waals surface area (Å²) in [5.41, 5.74) is 2.59. The first-order valence-electron chi connectivity index (χ1n) is 9.49. The lowest BCUT2D eigenvalue weighted by Crippen LogP contribution is -2.47. The Morgan fingerprint density at radius 2 is 1.41 bits per heavy atom. The van der Waals surface area contributed by atoms with Crippen molar-refractivity contribution in [2.24, 2.45) is 0 Å². The Bertz CT molecular complexity index is 960. The number of nitrogens with zero attached hydrogens (tertiary/aromatic N) is 1. The van der Waals surface area contributed by atoms with Gasteiger partial charge in [-0.1, -0.05) is 91.0 Å². The van der Waals surface area contributed by atoms with Crippen LogP contribution in [0.15, 0.2) is 91.0 Å². The van der Waals surface area contributed by atoms with E-state index in [-0.39, 0.29) is 13.2 Å². The highest BCUT2D eigenvalue weighted by molar-refractivity contribution is 5.80. The van der Waals surface area contributed by atoms with E-state index in [2.05, 4.69) is 0 Å². The van der Waals surface area contributed by atoms with Gasteiger partial charge in [0.25, 0.3) is 0 Å². The number of benzene rings is 3. The highest BCUT2D eigenvalue weighted by atomic mass is 16.6. The summed E-state index contributed by atoms with van der Waals surface area (Å²) < 4.78 is 11.2. The Morgan fingerprint density at radius 3 is 2.03 bits per heavy atom. The number of hydrogen-bond donors (Lipinski definition) is 0. The maximum Gasteiger partial charge on any atom is 0.411 e. The Hall–Kier alpha value is -3.60. The van der Waals surface area contributed by atoms with Gasteiger partial charge in [0.1, 0.15) is 19.2 Å². The van der Waals surface area contributed by atoms with Crippen LogP contribution in [0.1, 0.15) is 28.8 Å². The van der Waals surface area contributed by atoms with Crippen LogP contribution in [0.5, 0.6) is 0 Å². The van der Waals surface area contributed by atoms with E-state index in [0.29, 0.717) is 0 Å². The molecule has 2 atom stereocenters. The van der Waals surface area contributed by atoms with E-state index >= 15 is 0 Å². The van der Waals surface area contributed by atoms with Crippen LogP contribution in [-0.2, 0) is 20.9 Å². The largest absolute Gasteiger partial charge is 0.454 e. The Labute approximate surface area is 169 Å². The number of hydrogen-bond acceptors (Lipinski definition) is 4. The third-order valence-electron chi connectivity index (χ3n) is 4.89. The summed E-state index contributed by atoms with van der Waals surface area (Å²) in [4.78, 5) is 26.8. The van der Waals surface area contributed by atoms with E-state index in [9.17, 15) is 9.59 Å². The molecule has 146 valence electrons. The highest BCUT2D eigenvalue weighted by Gasteiger charge is 2.42. The molecule has 0 aliphatic carbocycles. The second-order valence-electron chi connectivity index (χ2n) is 6.84. The van der Waals surface area contributed by atoms with Gasteiger partial charge < -0.3 is 9.47 Å². The molecule has 0 spiro atoms. The second kappa shape index (κ2) is 8.61. The molecular formula is C24H21NO4. The number of rotatable bonds is 4. The Kier molecular flexibility index (Phi) is 5.56. The topological polar surface area (TPSA) is 55.8 Å². The number of amides is 1. The van der Waals surface area contributed by atoms with Crippen molar-refractivity contribution in [3.63, 3.8) is 0 Å².